The fourth-order valence-corrected chi connectivity index (χ4v) is 2.44. The molecule has 0 atom stereocenters. The minimum atomic E-state index is 0. The zero-order chi connectivity index (χ0) is 13.7. The molecule has 0 saturated heterocycles. The van der Waals surface area contributed by atoms with Gasteiger partial charge in [-0.25, -0.2) is 0 Å². The first-order valence-electron chi connectivity index (χ1n) is 7.74. The predicted molar refractivity (Wildman–Crippen MR) is 83.8 cm³/mol. The van der Waals surface area contributed by atoms with Gasteiger partial charge < -0.3 is 21.5 Å². The zero-order valence-electron chi connectivity index (χ0n) is 13.2. The number of allylic oxidation sites excluding steroid dienone is 2. The Labute approximate surface area is 132 Å². The minimum absolute atomic E-state index is 0. The number of unbranched alkanes of at least 4 members (excludes halogenated alkanes) is 5. The predicted octanol–water partition coefficient (Wildman–Crippen LogP) is 1.95. The molecule has 0 bridgehead atoms. The number of nitrogens with zero attached hydrogens (tertiary/aromatic N) is 1. The van der Waals surface area contributed by atoms with Crippen LogP contribution in [-0.4, -0.2) is 31.2 Å². The van der Waals surface area contributed by atoms with Gasteiger partial charge in [0.05, 0.1) is 26.7 Å². The lowest BCUT2D eigenvalue weighted by atomic mass is 10.1. The lowest BCUT2D eigenvalue weighted by Gasteiger charge is -2.35. The molecule has 1 nitrogen and oxygen atoms in total. The van der Waals surface area contributed by atoms with Gasteiger partial charge >= 0.3 is 0 Å². The van der Waals surface area contributed by atoms with E-state index in [2.05, 4.69) is 27.1 Å². The van der Waals surface area contributed by atoms with E-state index in [0.717, 1.165) is 0 Å². The highest BCUT2D eigenvalue weighted by Gasteiger charge is 2.19. The van der Waals surface area contributed by atoms with Crippen molar-refractivity contribution in [2.45, 2.75) is 58.3 Å². The summed E-state index contributed by atoms with van der Waals surface area (Å²) < 4.78 is 1.27. The molecule has 0 amide bonds. The van der Waals surface area contributed by atoms with E-state index in [1.165, 1.54) is 75.5 Å². The molecule has 0 aromatic rings. The molecule has 114 valence electrons. The van der Waals surface area contributed by atoms with E-state index in [0.29, 0.717) is 0 Å². The Morgan fingerprint density at radius 1 is 0.789 bits per heavy atom. The third kappa shape index (κ3) is 12.7. The molecule has 0 heterocycles. The van der Waals surface area contributed by atoms with Gasteiger partial charge in [-0.3, -0.25) is 0 Å². The van der Waals surface area contributed by atoms with Gasteiger partial charge in [0.25, 0.3) is 0 Å². The van der Waals surface area contributed by atoms with Crippen molar-refractivity contribution in [2.24, 2.45) is 0 Å². The maximum Gasteiger partial charge on any atom is 0.0784 e. The summed E-state index contributed by atoms with van der Waals surface area (Å²) >= 11 is 0. The SMILES string of the molecule is C=CCCCC[N+](C)(CCCC)CCCCC=C.[Br-]. The summed E-state index contributed by atoms with van der Waals surface area (Å²) in [4.78, 5) is 0. The summed E-state index contributed by atoms with van der Waals surface area (Å²) in [5.74, 6) is 0. The molecule has 0 saturated carbocycles. The highest BCUT2D eigenvalue weighted by Crippen LogP contribution is 2.12. The van der Waals surface area contributed by atoms with Gasteiger partial charge in [0.2, 0.25) is 0 Å². The van der Waals surface area contributed by atoms with E-state index in [1.54, 1.807) is 0 Å². The van der Waals surface area contributed by atoms with Crippen molar-refractivity contribution in [3.8, 4) is 0 Å². The van der Waals surface area contributed by atoms with Crippen molar-refractivity contribution in [1.82, 2.24) is 0 Å². The molecule has 0 aromatic heterocycles. The molecule has 0 spiro atoms. The lowest BCUT2D eigenvalue weighted by molar-refractivity contribution is -0.910. The maximum atomic E-state index is 3.80. The molecule has 0 aromatic carbocycles. The Morgan fingerprint density at radius 3 is 1.58 bits per heavy atom. The molecule has 0 aliphatic rings. The molecule has 0 fully saturated rings. The molecule has 0 rings (SSSR count). The highest BCUT2D eigenvalue weighted by atomic mass is 79.9. The van der Waals surface area contributed by atoms with Crippen LogP contribution in [0.1, 0.15) is 58.3 Å². The van der Waals surface area contributed by atoms with Crippen LogP contribution in [-0.2, 0) is 0 Å². The maximum absolute atomic E-state index is 3.80. The Hall–Kier alpha value is -0.0800. The van der Waals surface area contributed by atoms with E-state index in [9.17, 15) is 0 Å². The van der Waals surface area contributed by atoms with Crippen LogP contribution in [0.2, 0.25) is 0 Å². The number of hydrogen-bond acceptors (Lipinski definition) is 0. The second kappa shape index (κ2) is 14.3. The van der Waals surface area contributed by atoms with Crippen molar-refractivity contribution in [3.05, 3.63) is 25.3 Å². The highest BCUT2D eigenvalue weighted by molar-refractivity contribution is 4.66. The largest absolute Gasteiger partial charge is 1.00 e. The third-order valence-corrected chi connectivity index (χ3v) is 3.76. The molecule has 2 heteroatoms. The fraction of sp³-hybridized carbons (Fsp3) is 0.765. The minimum Gasteiger partial charge on any atom is -1.00 e. The number of quaternary nitrogens is 1. The summed E-state index contributed by atoms with van der Waals surface area (Å²) in [5, 5.41) is 0. The standard InChI is InChI=1S/C17H34N.BrH/c1-5-8-11-13-16-18(4,15-10-7-3)17-14-12-9-6-2;/h5-6H,1-2,7-17H2,3-4H3;1H/q+1;/p-1. The van der Waals surface area contributed by atoms with Crippen LogP contribution in [0.4, 0.5) is 0 Å². The first kappa shape index (κ1) is 21.2. The van der Waals surface area contributed by atoms with E-state index < -0.39 is 0 Å². The van der Waals surface area contributed by atoms with Gasteiger partial charge in [0.15, 0.2) is 0 Å². The van der Waals surface area contributed by atoms with Crippen molar-refractivity contribution >= 4 is 0 Å². The fourth-order valence-electron chi connectivity index (χ4n) is 2.44. The Morgan fingerprint density at radius 2 is 1.21 bits per heavy atom. The van der Waals surface area contributed by atoms with Gasteiger partial charge in [-0.1, -0.05) is 25.5 Å². The van der Waals surface area contributed by atoms with Crippen molar-refractivity contribution in [2.75, 3.05) is 26.7 Å². The van der Waals surface area contributed by atoms with Gasteiger partial charge in [0, 0.05) is 0 Å². The van der Waals surface area contributed by atoms with E-state index in [-0.39, 0.29) is 17.0 Å². The van der Waals surface area contributed by atoms with Gasteiger partial charge in [-0.15, -0.1) is 13.2 Å². The molecular weight excluding hydrogens is 298 g/mol. The first-order chi connectivity index (χ1) is 8.68. The second-order valence-electron chi connectivity index (χ2n) is 5.71. The van der Waals surface area contributed by atoms with Crippen LogP contribution in [0.5, 0.6) is 0 Å². The molecule has 0 radical (unpaired) electrons. The van der Waals surface area contributed by atoms with Crippen molar-refractivity contribution in [3.63, 3.8) is 0 Å². The Bertz CT molecular complexity index is 197. The molecular formula is C17H34BrN. The van der Waals surface area contributed by atoms with Crippen LogP contribution in [0, 0.1) is 0 Å². The number of hydrogen-bond donors (Lipinski definition) is 0. The monoisotopic (exact) mass is 331 g/mol. The smallest absolute Gasteiger partial charge is 0.0784 e. The summed E-state index contributed by atoms with van der Waals surface area (Å²) in [6, 6.07) is 0. The van der Waals surface area contributed by atoms with Crippen LogP contribution < -0.4 is 17.0 Å². The summed E-state index contributed by atoms with van der Waals surface area (Å²) in [6.07, 6.45) is 14.4. The van der Waals surface area contributed by atoms with E-state index >= 15 is 0 Å². The average Bonchev–Trinajstić information content (AvgIpc) is 2.38. The van der Waals surface area contributed by atoms with Gasteiger partial charge in [0.1, 0.15) is 0 Å². The summed E-state index contributed by atoms with van der Waals surface area (Å²) in [6.45, 7) is 13.9. The average molecular weight is 332 g/mol. The number of rotatable bonds is 13. The molecule has 19 heavy (non-hydrogen) atoms. The normalized spacial score (nSPS) is 10.8. The van der Waals surface area contributed by atoms with Crippen LogP contribution in [0.15, 0.2) is 25.3 Å². The van der Waals surface area contributed by atoms with Crippen molar-refractivity contribution < 1.29 is 21.5 Å². The zero-order valence-corrected chi connectivity index (χ0v) is 14.8. The molecule has 0 unspecified atom stereocenters. The van der Waals surface area contributed by atoms with Gasteiger partial charge in [-0.05, 0) is 44.9 Å². The molecule has 0 aliphatic carbocycles. The van der Waals surface area contributed by atoms with E-state index in [1.807, 2.05) is 12.2 Å². The van der Waals surface area contributed by atoms with Crippen molar-refractivity contribution in [1.29, 1.82) is 0 Å². The Kier molecular flexibility index (Phi) is 16.0. The summed E-state index contributed by atoms with van der Waals surface area (Å²) in [5.41, 5.74) is 0. The van der Waals surface area contributed by atoms with Crippen LogP contribution >= 0.6 is 0 Å². The lowest BCUT2D eigenvalue weighted by Crippen LogP contribution is -3.00. The third-order valence-electron chi connectivity index (χ3n) is 3.76. The molecule has 0 aliphatic heterocycles. The van der Waals surface area contributed by atoms with Crippen LogP contribution in [0.25, 0.3) is 0 Å². The quantitative estimate of drug-likeness (QED) is 0.275. The first-order valence-corrected chi connectivity index (χ1v) is 7.74. The van der Waals surface area contributed by atoms with Crippen LogP contribution in [0.3, 0.4) is 0 Å². The second-order valence-corrected chi connectivity index (χ2v) is 5.71. The molecule has 0 N–H and O–H groups in total. The van der Waals surface area contributed by atoms with Gasteiger partial charge in [-0.2, -0.15) is 0 Å². The summed E-state index contributed by atoms with van der Waals surface area (Å²) in [7, 11) is 2.44. The topological polar surface area (TPSA) is 0 Å². The van der Waals surface area contributed by atoms with E-state index in [4.69, 9.17) is 0 Å². The number of halogens is 1. The Balaban J connectivity index is 0.